The Morgan fingerprint density at radius 2 is 2.33 bits per heavy atom. The van der Waals surface area contributed by atoms with E-state index in [1.54, 1.807) is 13.8 Å². The van der Waals surface area contributed by atoms with Crippen molar-refractivity contribution >= 4 is 11.7 Å². The molecule has 0 saturated heterocycles. The zero-order valence-corrected chi connectivity index (χ0v) is 8.05. The standard InChI is InChI=1S/C9H15NO2/c1-5-8-10-6(2)9(4,12-8)7(3)11/h6H,5H2,1-4H3. The molecule has 0 spiro atoms. The van der Waals surface area contributed by atoms with Crippen molar-refractivity contribution < 1.29 is 9.53 Å². The van der Waals surface area contributed by atoms with Gasteiger partial charge in [-0.3, -0.25) is 4.79 Å². The maximum absolute atomic E-state index is 11.2. The van der Waals surface area contributed by atoms with Crippen LogP contribution in [-0.2, 0) is 9.53 Å². The molecule has 0 N–H and O–H groups in total. The molecule has 0 fully saturated rings. The first-order valence-electron chi connectivity index (χ1n) is 4.27. The highest BCUT2D eigenvalue weighted by Gasteiger charge is 2.43. The third-order valence-electron chi connectivity index (χ3n) is 2.47. The number of aliphatic imine (C=N–C) groups is 1. The summed E-state index contributed by atoms with van der Waals surface area (Å²) in [5, 5.41) is 0. The van der Waals surface area contributed by atoms with Gasteiger partial charge in [0.1, 0.15) is 0 Å². The van der Waals surface area contributed by atoms with Crippen LogP contribution in [-0.4, -0.2) is 23.3 Å². The zero-order chi connectivity index (χ0) is 9.35. The van der Waals surface area contributed by atoms with E-state index < -0.39 is 5.60 Å². The van der Waals surface area contributed by atoms with Gasteiger partial charge in [-0.15, -0.1) is 0 Å². The minimum atomic E-state index is -0.717. The summed E-state index contributed by atoms with van der Waals surface area (Å²) in [5.74, 6) is 0.738. The zero-order valence-electron chi connectivity index (χ0n) is 8.05. The highest BCUT2D eigenvalue weighted by Crippen LogP contribution is 2.27. The Bertz CT molecular complexity index is 235. The van der Waals surface area contributed by atoms with E-state index in [0.29, 0.717) is 5.90 Å². The highest BCUT2D eigenvalue weighted by atomic mass is 16.5. The van der Waals surface area contributed by atoms with Gasteiger partial charge in [0.2, 0.25) is 0 Å². The molecule has 0 aliphatic carbocycles. The van der Waals surface area contributed by atoms with Crippen LogP contribution < -0.4 is 0 Å². The number of hydrogen-bond acceptors (Lipinski definition) is 3. The molecule has 1 heterocycles. The van der Waals surface area contributed by atoms with Crippen molar-refractivity contribution in [2.45, 2.75) is 45.8 Å². The number of Topliss-reactive ketones (excluding diaryl/α,β-unsaturated/α-hetero) is 1. The second kappa shape index (κ2) is 2.88. The number of ketones is 1. The second-order valence-corrected chi connectivity index (χ2v) is 3.32. The van der Waals surface area contributed by atoms with Gasteiger partial charge < -0.3 is 4.74 Å². The van der Waals surface area contributed by atoms with Crippen LogP contribution in [0, 0.1) is 0 Å². The summed E-state index contributed by atoms with van der Waals surface area (Å²) in [5.41, 5.74) is -0.717. The Labute approximate surface area is 72.8 Å². The molecule has 3 heteroatoms. The smallest absolute Gasteiger partial charge is 0.187 e. The lowest BCUT2D eigenvalue weighted by molar-refractivity contribution is -0.131. The van der Waals surface area contributed by atoms with Crippen LogP contribution in [0.1, 0.15) is 34.1 Å². The van der Waals surface area contributed by atoms with Gasteiger partial charge in [0, 0.05) is 6.42 Å². The van der Waals surface area contributed by atoms with E-state index >= 15 is 0 Å². The van der Waals surface area contributed by atoms with Crippen LogP contribution in [0.5, 0.6) is 0 Å². The van der Waals surface area contributed by atoms with Crippen LogP contribution in [0.15, 0.2) is 4.99 Å². The summed E-state index contributed by atoms with van der Waals surface area (Å²) in [6.45, 7) is 7.22. The molecule has 1 aliphatic heterocycles. The molecule has 0 aromatic rings. The van der Waals surface area contributed by atoms with Crippen molar-refractivity contribution in [3.8, 4) is 0 Å². The van der Waals surface area contributed by atoms with Crippen LogP contribution in [0.25, 0.3) is 0 Å². The number of nitrogens with zero attached hydrogens (tertiary/aromatic N) is 1. The van der Waals surface area contributed by atoms with E-state index in [0.717, 1.165) is 6.42 Å². The number of carbonyl (C=O) groups excluding carboxylic acids is 1. The molecule has 0 amide bonds. The molecule has 3 nitrogen and oxygen atoms in total. The molecule has 0 aromatic heterocycles. The third kappa shape index (κ3) is 1.24. The van der Waals surface area contributed by atoms with Gasteiger partial charge in [-0.2, -0.15) is 0 Å². The quantitative estimate of drug-likeness (QED) is 0.629. The van der Waals surface area contributed by atoms with E-state index in [1.165, 1.54) is 0 Å². The Kier molecular flexibility index (Phi) is 2.22. The number of carbonyl (C=O) groups is 1. The van der Waals surface area contributed by atoms with Crippen LogP contribution in [0.2, 0.25) is 0 Å². The first kappa shape index (κ1) is 9.23. The van der Waals surface area contributed by atoms with Gasteiger partial charge >= 0.3 is 0 Å². The normalized spacial score (nSPS) is 34.3. The van der Waals surface area contributed by atoms with Crippen molar-refractivity contribution in [1.29, 1.82) is 0 Å². The van der Waals surface area contributed by atoms with Crippen LogP contribution in [0.4, 0.5) is 0 Å². The Morgan fingerprint density at radius 1 is 1.75 bits per heavy atom. The summed E-state index contributed by atoms with van der Waals surface area (Å²) < 4.78 is 5.47. The van der Waals surface area contributed by atoms with E-state index in [2.05, 4.69) is 4.99 Å². The maximum atomic E-state index is 11.2. The summed E-state index contributed by atoms with van der Waals surface area (Å²) in [4.78, 5) is 15.5. The first-order chi connectivity index (χ1) is 5.50. The monoisotopic (exact) mass is 169 g/mol. The molecule has 0 bridgehead atoms. The fourth-order valence-electron chi connectivity index (χ4n) is 1.23. The molecule has 68 valence electrons. The minimum absolute atomic E-state index is 0.0437. The molecular formula is C9H15NO2. The summed E-state index contributed by atoms with van der Waals surface area (Å²) in [7, 11) is 0. The van der Waals surface area contributed by atoms with E-state index in [4.69, 9.17) is 4.74 Å². The molecular weight excluding hydrogens is 154 g/mol. The molecule has 1 aliphatic rings. The van der Waals surface area contributed by atoms with E-state index in [9.17, 15) is 4.79 Å². The van der Waals surface area contributed by atoms with Crippen molar-refractivity contribution in [2.24, 2.45) is 4.99 Å². The van der Waals surface area contributed by atoms with Gasteiger partial charge in [0.25, 0.3) is 0 Å². The van der Waals surface area contributed by atoms with E-state index in [-0.39, 0.29) is 11.8 Å². The molecule has 2 unspecified atom stereocenters. The predicted molar refractivity (Wildman–Crippen MR) is 47.4 cm³/mol. The SMILES string of the molecule is CCC1=NC(C)C(C)(C(C)=O)O1. The lowest BCUT2D eigenvalue weighted by Crippen LogP contribution is -2.42. The topological polar surface area (TPSA) is 38.7 Å². The summed E-state index contributed by atoms with van der Waals surface area (Å²) in [6, 6.07) is -0.0510. The van der Waals surface area contributed by atoms with Gasteiger partial charge in [0.05, 0.1) is 6.04 Å². The largest absolute Gasteiger partial charge is 0.465 e. The molecule has 12 heavy (non-hydrogen) atoms. The Morgan fingerprint density at radius 3 is 2.58 bits per heavy atom. The molecule has 2 atom stereocenters. The van der Waals surface area contributed by atoms with Crippen molar-refractivity contribution in [2.75, 3.05) is 0 Å². The van der Waals surface area contributed by atoms with Gasteiger partial charge in [-0.05, 0) is 20.8 Å². The van der Waals surface area contributed by atoms with Crippen LogP contribution in [0.3, 0.4) is 0 Å². The average molecular weight is 169 g/mol. The third-order valence-corrected chi connectivity index (χ3v) is 2.47. The van der Waals surface area contributed by atoms with Gasteiger partial charge in [-0.1, -0.05) is 6.92 Å². The lowest BCUT2D eigenvalue weighted by Gasteiger charge is -2.24. The fourth-order valence-corrected chi connectivity index (χ4v) is 1.23. The molecule has 0 aromatic carbocycles. The average Bonchev–Trinajstić information content (AvgIpc) is 2.29. The lowest BCUT2D eigenvalue weighted by atomic mass is 9.95. The number of rotatable bonds is 2. The molecule has 0 saturated carbocycles. The van der Waals surface area contributed by atoms with Gasteiger partial charge in [0.15, 0.2) is 17.3 Å². The van der Waals surface area contributed by atoms with Crippen molar-refractivity contribution in [3.63, 3.8) is 0 Å². The van der Waals surface area contributed by atoms with Crippen molar-refractivity contribution in [1.82, 2.24) is 0 Å². The van der Waals surface area contributed by atoms with E-state index in [1.807, 2.05) is 13.8 Å². The van der Waals surface area contributed by atoms with Crippen LogP contribution >= 0.6 is 0 Å². The number of ether oxygens (including phenoxy) is 1. The highest BCUT2D eigenvalue weighted by molar-refractivity contribution is 5.91. The fraction of sp³-hybridized carbons (Fsp3) is 0.778. The summed E-state index contributed by atoms with van der Waals surface area (Å²) in [6.07, 6.45) is 0.757. The Hall–Kier alpha value is -0.860. The molecule has 0 radical (unpaired) electrons. The Balaban J connectivity index is 2.82. The molecule has 1 rings (SSSR count). The maximum Gasteiger partial charge on any atom is 0.187 e. The predicted octanol–water partition coefficient (Wildman–Crippen LogP) is 1.56. The number of hydrogen-bond donors (Lipinski definition) is 0. The minimum Gasteiger partial charge on any atom is -0.465 e. The van der Waals surface area contributed by atoms with Gasteiger partial charge in [-0.25, -0.2) is 4.99 Å². The van der Waals surface area contributed by atoms with Crippen molar-refractivity contribution in [3.05, 3.63) is 0 Å². The summed E-state index contributed by atoms with van der Waals surface area (Å²) >= 11 is 0. The second-order valence-electron chi connectivity index (χ2n) is 3.32. The first-order valence-corrected chi connectivity index (χ1v) is 4.27.